The van der Waals surface area contributed by atoms with Gasteiger partial charge in [-0.25, -0.2) is 0 Å². The minimum atomic E-state index is -0.737. The molecule has 2 saturated heterocycles. The molecule has 0 radical (unpaired) electrons. The zero-order chi connectivity index (χ0) is 22.0. The van der Waals surface area contributed by atoms with Gasteiger partial charge < -0.3 is 23.7 Å². The second-order valence-corrected chi connectivity index (χ2v) is 10.5. The molecular weight excluding hydrogens is 400 g/mol. The van der Waals surface area contributed by atoms with Gasteiger partial charge in [0.15, 0.2) is 6.29 Å². The number of methoxy groups -OCH3 is 2. The molecule has 0 aromatic heterocycles. The van der Waals surface area contributed by atoms with E-state index in [4.69, 9.17) is 23.7 Å². The number of hydrogen-bond donors (Lipinski definition) is 0. The molecule has 31 heavy (non-hydrogen) atoms. The minimum absolute atomic E-state index is 0.00235. The highest BCUT2D eigenvalue weighted by atomic mass is 16.7. The van der Waals surface area contributed by atoms with Crippen molar-refractivity contribution < 1.29 is 33.3 Å². The third-order valence-electron chi connectivity index (χ3n) is 8.84. The molecule has 172 valence electrons. The van der Waals surface area contributed by atoms with Crippen LogP contribution in [0.2, 0.25) is 0 Å². The largest absolute Gasteiger partial charge is 0.468 e. The van der Waals surface area contributed by atoms with Gasteiger partial charge in [0.2, 0.25) is 0 Å². The van der Waals surface area contributed by atoms with Gasteiger partial charge in [-0.15, -0.1) is 0 Å². The van der Waals surface area contributed by atoms with E-state index in [1.54, 1.807) is 0 Å². The van der Waals surface area contributed by atoms with E-state index in [1.165, 1.54) is 14.2 Å². The molecule has 0 aromatic carbocycles. The number of rotatable bonds is 6. The lowest BCUT2D eigenvalue weighted by molar-refractivity contribution is -0.183. The maximum atomic E-state index is 13.2. The van der Waals surface area contributed by atoms with Crippen LogP contribution < -0.4 is 0 Å². The predicted molar refractivity (Wildman–Crippen MR) is 110 cm³/mol. The zero-order valence-corrected chi connectivity index (χ0v) is 18.9. The number of hydrogen-bond acceptors (Lipinski definition) is 7. The van der Waals surface area contributed by atoms with Crippen LogP contribution in [0.3, 0.4) is 0 Å². The fraction of sp³-hybridized carbons (Fsp3) is 0.833. The van der Waals surface area contributed by atoms with Crippen LogP contribution in [-0.2, 0) is 33.3 Å². The van der Waals surface area contributed by atoms with E-state index in [1.807, 2.05) is 12.2 Å². The third-order valence-corrected chi connectivity index (χ3v) is 8.84. The smallest absolute Gasteiger partial charge is 0.315 e. The molecule has 7 atom stereocenters. The summed E-state index contributed by atoms with van der Waals surface area (Å²) in [6, 6.07) is 0. The molecule has 7 heteroatoms. The summed E-state index contributed by atoms with van der Waals surface area (Å²) in [6.45, 7) is 5.37. The summed E-state index contributed by atoms with van der Waals surface area (Å²) in [7, 11) is 2.91. The highest BCUT2D eigenvalue weighted by Crippen LogP contribution is 2.69. The molecule has 6 aliphatic rings. The third kappa shape index (κ3) is 3.03. The number of epoxide rings is 1. The van der Waals surface area contributed by atoms with Gasteiger partial charge in [-0.05, 0) is 63.7 Å². The minimum Gasteiger partial charge on any atom is -0.468 e. The number of carbonyl (C=O) groups excluding carboxylic acids is 2. The fourth-order valence-electron chi connectivity index (χ4n) is 7.38. The van der Waals surface area contributed by atoms with Crippen molar-refractivity contribution in [1.29, 1.82) is 0 Å². The van der Waals surface area contributed by atoms with Crippen LogP contribution in [0.4, 0.5) is 0 Å². The van der Waals surface area contributed by atoms with E-state index in [0.29, 0.717) is 26.1 Å². The van der Waals surface area contributed by atoms with Crippen molar-refractivity contribution in [2.24, 2.45) is 34.5 Å². The van der Waals surface area contributed by atoms with Crippen molar-refractivity contribution in [3.05, 3.63) is 12.2 Å². The van der Waals surface area contributed by atoms with Crippen molar-refractivity contribution in [3.8, 4) is 0 Å². The topological polar surface area (TPSA) is 83.6 Å². The summed E-state index contributed by atoms with van der Waals surface area (Å²) < 4.78 is 28.4. The van der Waals surface area contributed by atoms with Crippen molar-refractivity contribution >= 4 is 11.9 Å². The Hall–Kier alpha value is -1.44. The fourth-order valence-corrected chi connectivity index (χ4v) is 7.38. The molecule has 4 aliphatic carbocycles. The number of fused-ring (bicyclic) bond motifs is 1. The molecule has 0 spiro atoms. The van der Waals surface area contributed by atoms with Gasteiger partial charge in [-0.1, -0.05) is 12.2 Å². The molecule has 6 rings (SSSR count). The van der Waals surface area contributed by atoms with E-state index >= 15 is 0 Å². The average molecular weight is 435 g/mol. The predicted octanol–water partition coefficient (Wildman–Crippen LogP) is 2.87. The van der Waals surface area contributed by atoms with Crippen LogP contribution in [0.15, 0.2) is 12.2 Å². The Labute approximate surface area is 183 Å². The van der Waals surface area contributed by atoms with Crippen molar-refractivity contribution in [1.82, 2.24) is 0 Å². The average Bonchev–Trinajstić information content (AvgIpc) is 3.18. The van der Waals surface area contributed by atoms with Crippen LogP contribution in [0.5, 0.6) is 0 Å². The molecular formula is C24H34O7. The molecule has 0 amide bonds. The highest BCUT2D eigenvalue weighted by molar-refractivity contribution is 5.86. The van der Waals surface area contributed by atoms with Gasteiger partial charge in [0.25, 0.3) is 0 Å². The Morgan fingerprint density at radius 3 is 1.97 bits per heavy atom. The number of esters is 2. The first-order valence-corrected chi connectivity index (χ1v) is 11.6. The van der Waals surface area contributed by atoms with Crippen molar-refractivity contribution in [2.45, 2.75) is 63.9 Å². The Balaban J connectivity index is 1.54. The van der Waals surface area contributed by atoms with Gasteiger partial charge in [-0.3, -0.25) is 9.59 Å². The van der Waals surface area contributed by atoms with Crippen LogP contribution in [0, 0.1) is 34.5 Å². The first-order chi connectivity index (χ1) is 14.8. The molecule has 4 fully saturated rings. The van der Waals surface area contributed by atoms with Crippen LogP contribution in [0.25, 0.3) is 0 Å². The lowest BCUT2D eigenvalue weighted by Crippen LogP contribution is -2.59. The maximum absolute atomic E-state index is 13.2. The summed E-state index contributed by atoms with van der Waals surface area (Å²) in [5, 5.41) is 0. The van der Waals surface area contributed by atoms with Gasteiger partial charge in [0.1, 0.15) is 0 Å². The SMILES string of the molecule is COC(=O)[C@]12C=C[C@](C(=O)OC)(CC1)[C@@H]1[C@H]2[C@@H](CCC2OC2(C)C)C[C@H]1C1OCCO1. The van der Waals surface area contributed by atoms with Gasteiger partial charge in [0, 0.05) is 5.92 Å². The molecule has 1 unspecified atom stereocenters. The first-order valence-electron chi connectivity index (χ1n) is 11.6. The maximum Gasteiger partial charge on any atom is 0.315 e. The van der Waals surface area contributed by atoms with Crippen LogP contribution >= 0.6 is 0 Å². The Bertz CT molecular complexity index is 785. The highest BCUT2D eigenvalue weighted by Gasteiger charge is 2.71. The second kappa shape index (κ2) is 7.29. The quantitative estimate of drug-likeness (QED) is 0.361. The van der Waals surface area contributed by atoms with E-state index < -0.39 is 10.8 Å². The molecule has 7 nitrogen and oxygen atoms in total. The number of carbonyl (C=O) groups is 2. The second-order valence-electron chi connectivity index (χ2n) is 10.5. The van der Waals surface area contributed by atoms with Crippen LogP contribution in [0.1, 0.15) is 46.0 Å². The zero-order valence-electron chi connectivity index (χ0n) is 18.9. The molecule has 0 aromatic rings. The summed E-state index contributed by atoms with van der Waals surface area (Å²) in [5.74, 6) is -0.183. The lowest BCUT2D eigenvalue weighted by atomic mass is 9.46. The summed E-state index contributed by atoms with van der Waals surface area (Å²) in [4.78, 5) is 26.3. The van der Waals surface area contributed by atoms with E-state index in [0.717, 1.165) is 19.3 Å². The van der Waals surface area contributed by atoms with E-state index in [9.17, 15) is 9.59 Å². The Morgan fingerprint density at radius 2 is 1.48 bits per heavy atom. The van der Waals surface area contributed by atoms with Gasteiger partial charge >= 0.3 is 11.9 Å². The Kier molecular flexibility index (Phi) is 5.03. The molecule has 2 bridgehead atoms. The number of ether oxygens (including phenoxy) is 5. The molecule has 2 heterocycles. The monoisotopic (exact) mass is 434 g/mol. The van der Waals surface area contributed by atoms with Crippen LogP contribution in [-0.4, -0.2) is 57.4 Å². The van der Waals surface area contributed by atoms with Gasteiger partial charge in [0.05, 0.1) is 50.0 Å². The Morgan fingerprint density at radius 1 is 0.935 bits per heavy atom. The standard InChI is InChI=1S/C24H34O7/c1-22(2)16(31-22)6-5-14-13-15(19-29-11-12-30-19)18-17(14)23(20(25)27-3)7-9-24(18,10-8-23)21(26)28-4/h7,9,14-19H,5-6,8,10-13H2,1-4H3/t14-,15+,16?,17+,18-,23+,24-/m0/s1. The van der Waals surface area contributed by atoms with Gasteiger partial charge in [-0.2, -0.15) is 0 Å². The molecule has 0 N–H and O–H groups in total. The van der Waals surface area contributed by atoms with E-state index in [2.05, 4.69) is 13.8 Å². The first kappa shape index (κ1) is 21.4. The lowest BCUT2D eigenvalue weighted by Gasteiger charge is -2.56. The summed E-state index contributed by atoms with van der Waals surface area (Å²) in [6.07, 6.45) is 7.77. The van der Waals surface area contributed by atoms with E-state index in [-0.39, 0.29) is 53.6 Å². The molecule has 2 saturated carbocycles. The molecule has 2 aliphatic heterocycles. The summed E-state index contributed by atoms with van der Waals surface area (Å²) in [5.41, 5.74) is -1.50. The van der Waals surface area contributed by atoms with Crippen molar-refractivity contribution in [3.63, 3.8) is 0 Å². The normalized spacial score (nSPS) is 44.8. The summed E-state index contributed by atoms with van der Waals surface area (Å²) >= 11 is 0. The van der Waals surface area contributed by atoms with Crippen molar-refractivity contribution in [2.75, 3.05) is 27.4 Å².